The molecule has 1 amide bonds. The molecule has 7 heteroatoms. The third-order valence-corrected chi connectivity index (χ3v) is 4.61. The second kappa shape index (κ2) is 7.00. The van der Waals surface area contributed by atoms with Gasteiger partial charge in [0.1, 0.15) is 5.75 Å². The molecule has 0 aliphatic carbocycles. The highest BCUT2D eigenvalue weighted by molar-refractivity contribution is 6.31. The summed E-state index contributed by atoms with van der Waals surface area (Å²) in [5, 5.41) is 8.45. The van der Waals surface area contributed by atoms with Gasteiger partial charge in [0.25, 0.3) is 0 Å². The van der Waals surface area contributed by atoms with Gasteiger partial charge in [-0.25, -0.2) is 4.68 Å². The zero-order chi connectivity index (χ0) is 16.2. The zero-order valence-electron chi connectivity index (χ0n) is 13.0. The van der Waals surface area contributed by atoms with Crippen molar-refractivity contribution in [2.75, 3.05) is 20.2 Å². The molecule has 0 spiro atoms. The van der Waals surface area contributed by atoms with E-state index < -0.39 is 0 Å². The number of aromatic nitrogens is 3. The van der Waals surface area contributed by atoms with Gasteiger partial charge in [-0.2, -0.15) is 0 Å². The van der Waals surface area contributed by atoms with E-state index in [4.69, 9.17) is 16.3 Å². The maximum absolute atomic E-state index is 12.6. The lowest BCUT2D eigenvalue weighted by molar-refractivity contribution is -0.131. The fourth-order valence-corrected chi connectivity index (χ4v) is 3.19. The van der Waals surface area contributed by atoms with Gasteiger partial charge in [-0.15, -0.1) is 5.10 Å². The van der Waals surface area contributed by atoms with E-state index in [9.17, 15) is 4.79 Å². The number of piperidine rings is 1. The van der Waals surface area contributed by atoms with Crippen LogP contribution in [0.3, 0.4) is 0 Å². The number of halogens is 1. The van der Waals surface area contributed by atoms with Gasteiger partial charge in [-0.3, -0.25) is 4.79 Å². The average Bonchev–Trinajstić information content (AvgIpc) is 3.11. The van der Waals surface area contributed by atoms with Crippen LogP contribution in [-0.4, -0.2) is 46.0 Å². The minimum Gasteiger partial charge on any atom is -0.496 e. The molecule has 3 rings (SSSR count). The number of rotatable bonds is 4. The molecule has 1 aromatic carbocycles. The Bertz CT molecular complexity index is 667. The quantitative estimate of drug-likeness (QED) is 0.861. The van der Waals surface area contributed by atoms with Gasteiger partial charge in [0, 0.05) is 29.9 Å². The molecule has 2 aromatic rings. The van der Waals surface area contributed by atoms with Crippen LogP contribution in [0.25, 0.3) is 0 Å². The monoisotopic (exact) mass is 334 g/mol. The van der Waals surface area contributed by atoms with Crippen LogP contribution in [0.5, 0.6) is 5.75 Å². The van der Waals surface area contributed by atoms with Crippen molar-refractivity contribution in [2.24, 2.45) is 0 Å². The summed E-state index contributed by atoms with van der Waals surface area (Å²) in [4.78, 5) is 14.4. The van der Waals surface area contributed by atoms with E-state index in [-0.39, 0.29) is 12.3 Å². The number of carbonyl (C=O) groups is 1. The van der Waals surface area contributed by atoms with Crippen LogP contribution < -0.4 is 4.74 Å². The number of carbonyl (C=O) groups excluding carboxylic acids is 1. The van der Waals surface area contributed by atoms with Gasteiger partial charge in [0.2, 0.25) is 5.91 Å². The van der Waals surface area contributed by atoms with Gasteiger partial charge in [-0.05, 0) is 25.0 Å². The van der Waals surface area contributed by atoms with E-state index in [2.05, 4.69) is 10.3 Å². The largest absolute Gasteiger partial charge is 0.496 e. The predicted molar refractivity (Wildman–Crippen MR) is 86.6 cm³/mol. The van der Waals surface area contributed by atoms with E-state index in [1.165, 1.54) is 0 Å². The molecule has 1 fully saturated rings. The Morgan fingerprint density at radius 3 is 2.83 bits per heavy atom. The molecule has 6 nitrogen and oxygen atoms in total. The molecular weight excluding hydrogens is 316 g/mol. The van der Waals surface area contributed by atoms with Crippen molar-refractivity contribution in [3.63, 3.8) is 0 Å². The first-order chi connectivity index (χ1) is 11.2. The standard InChI is InChI=1S/C16H19ClN4O2/c1-23-15-4-2-3-14(17)13(15)11-16(22)20-8-5-12(6-9-20)21-10-7-18-19-21/h2-4,7,10,12H,5-6,8-9,11H2,1H3. The molecule has 0 N–H and O–H groups in total. The number of likely N-dealkylation sites (tertiary alicyclic amines) is 1. The zero-order valence-corrected chi connectivity index (χ0v) is 13.7. The number of amides is 1. The molecule has 1 aliphatic heterocycles. The summed E-state index contributed by atoms with van der Waals surface area (Å²) in [7, 11) is 1.59. The summed E-state index contributed by atoms with van der Waals surface area (Å²) < 4.78 is 7.18. The Kier molecular flexibility index (Phi) is 4.81. The van der Waals surface area contributed by atoms with Crippen molar-refractivity contribution in [1.29, 1.82) is 0 Å². The topological polar surface area (TPSA) is 60.2 Å². The average molecular weight is 335 g/mol. The minimum atomic E-state index is 0.0773. The van der Waals surface area contributed by atoms with Crippen LogP contribution in [0.1, 0.15) is 24.4 Å². The summed E-state index contributed by atoms with van der Waals surface area (Å²) in [6.07, 6.45) is 5.58. The first kappa shape index (κ1) is 15.8. The fourth-order valence-electron chi connectivity index (χ4n) is 2.96. The number of nitrogens with zero attached hydrogens (tertiary/aromatic N) is 4. The molecule has 0 bridgehead atoms. The van der Waals surface area contributed by atoms with E-state index >= 15 is 0 Å². The number of methoxy groups -OCH3 is 1. The second-order valence-corrected chi connectivity index (χ2v) is 6.00. The van der Waals surface area contributed by atoms with Crippen LogP contribution in [0.2, 0.25) is 5.02 Å². The van der Waals surface area contributed by atoms with E-state index in [1.807, 2.05) is 27.9 Å². The highest BCUT2D eigenvalue weighted by atomic mass is 35.5. The molecule has 122 valence electrons. The lowest BCUT2D eigenvalue weighted by Crippen LogP contribution is -2.40. The fraction of sp³-hybridized carbons (Fsp3) is 0.438. The molecule has 23 heavy (non-hydrogen) atoms. The second-order valence-electron chi connectivity index (χ2n) is 5.59. The van der Waals surface area contributed by atoms with Crippen LogP contribution in [0, 0.1) is 0 Å². The Morgan fingerprint density at radius 2 is 2.17 bits per heavy atom. The molecular formula is C16H19ClN4O2. The first-order valence-corrected chi connectivity index (χ1v) is 8.02. The Balaban J connectivity index is 1.62. The number of ether oxygens (including phenoxy) is 1. The van der Waals surface area contributed by atoms with Crippen molar-refractivity contribution in [1.82, 2.24) is 19.9 Å². The molecule has 2 heterocycles. The maximum atomic E-state index is 12.6. The Hall–Kier alpha value is -2.08. The maximum Gasteiger partial charge on any atom is 0.227 e. The molecule has 1 saturated heterocycles. The van der Waals surface area contributed by atoms with Crippen LogP contribution in [0.15, 0.2) is 30.6 Å². The SMILES string of the molecule is COc1cccc(Cl)c1CC(=O)N1CCC(n2ccnn2)CC1. The van der Waals surface area contributed by atoms with E-state index in [1.54, 1.807) is 19.4 Å². The Labute approximate surface area is 140 Å². The number of hydrogen-bond acceptors (Lipinski definition) is 4. The highest BCUT2D eigenvalue weighted by Crippen LogP contribution is 2.28. The van der Waals surface area contributed by atoms with Gasteiger partial charge in [0.05, 0.1) is 25.8 Å². The minimum absolute atomic E-state index is 0.0773. The summed E-state index contributed by atoms with van der Waals surface area (Å²) >= 11 is 6.21. The smallest absolute Gasteiger partial charge is 0.227 e. The van der Waals surface area contributed by atoms with Crippen molar-refractivity contribution < 1.29 is 9.53 Å². The number of hydrogen-bond donors (Lipinski definition) is 0. The van der Waals surface area contributed by atoms with Crippen molar-refractivity contribution in [3.8, 4) is 5.75 Å². The number of benzene rings is 1. The van der Waals surface area contributed by atoms with E-state index in [0.717, 1.165) is 31.5 Å². The molecule has 0 unspecified atom stereocenters. The van der Waals surface area contributed by atoms with Gasteiger partial charge >= 0.3 is 0 Å². The first-order valence-electron chi connectivity index (χ1n) is 7.64. The third-order valence-electron chi connectivity index (χ3n) is 4.26. The van der Waals surface area contributed by atoms with Crippen LogP contribution >= 0.6 is 11.6 Å². The summed E-state index contributed by atoms with van der Waals surface area (Å²) in [6, 6.07) is 5.74. The summed E-state index contributed by atoms with van der Waals surface area (Å²) in [5.74, 6) is 0.733. The lowest BCUT2D eigenvalue weighted by atomic mass is 10.0. The van der Waals surface area contributed by atoms with Crippen LogP contribution in [0.4, 0.5) is 0 Å². The molecule has 0 saturated carbocycles. The highest BCUT2D eigenvalue weighted by Gasteiger charge is 2.25. The molecule has 1 aromatic heterocycles. The van der Waals surface area contributed by atoms with Crippen molar-refractivity contribution in [3.05, 3.63) is 41.2 Å². The van der Waals surface area contributed by atoms with E-state index in [0.29, 0.717) is 16.8 Å². The summed E-state index contributed by atoms with van der Waals surface area (Å²) in [5.41, 5.74) is 0.750. The van der Waals surface area contributed by atoms with Crippen molar-refractivity contribution >= 4 is 17.5 Å². The van der Waals surface area contributed by atoms with Gasteiger partial charge in [-0.1, -0.05) is 22.9 Å². The lowest BCUT2D eigenvalue weighted by Gasteiger charge is -2.32. The molecule has 0 radical (unpaired) electrons. The van der Waals surface area contributed by atoms with Crippen LogP contribution in [-0.2, 0) is 11.2 Å². The van der Waals surface area contributed by atoms with Gasteiger partial charge in [0.15, 0.2) is 0 Å². The Morgan fingerprint density at radius 1 is 1.39 bits per heavy atom. The summed E-state index contributed by atoms with van der Waals surface area (Å²) in [6.45, 7) is 1.44. The predicted octanol–water partition coefficient (Wildman–Crippen LogP) is 2.35. The van der Waals surface area contributed by atoms with Crippen molar-refractivity contribution in [2.45, 2.75) is 25.3 Å². The molecule has 0 atom stereocenters. The normalized spacial score (nSPS) is 15.7. The third kappa shape index (κ3) is 3.47. The van der Waals surface area contributed by atoms with Gasteiger partial charge < -0.3 is 9.64 Å². The molecule has 1 aliphatic rings.